The van der Waals surface area contributed by atoms with Crippen molar-refractivity contribution in [3.8, 4) is 0 Å². The highest BCUT2D eigenvalue weighted by molar-refractivity contribution is 5.85. The minimum atomic E-state index is -0.470. The van der Waals surface area contributed by atoms with E-state index in [0.717, 1.165) is 6.42 Å². The Bertz CT molecular complexity index is 614. The summed E-state index contributed by atoms with van der Waals surface area (Å²) >= 11 is 0. The lowest BCUT2D eigenvalue weighted by Crippen LogP contribution is -2.42. The highest BCUT2D eigenvalue weighted by Gasteiger charge is 2.38. The molecule has 1 aromatic rings. The van der Waals surface area contributed by atoms with E-state index in [-0.39, 0.29) is 17.6 Å². The number of nitrogens with one attached hydrogen (secondary N) is 3. The summed E-state index contributed by atoms with van der Waals surface area (Å²) in [4.78, 5) is 22.2. The van der Waals surface area contributed by atoms with Crippen molar-refractivity contribution in [3.05, 3.63) is 39.9 Å². The van der Waals surface area contributed by atoms with Gasteiger partial charge in [-0.1, -0.05) is 12.1 Å². The minimum Gasteiger partial charge on any atom is -0.271 e. The molecule has 1 heterocycles. The molecule has 2 fully saturated rings. The first-order valence-electron chi connectivity index (χ1n) is 7.22. The van der Waals surface area contributed by atoms with Gasteiger partial charge in [-0.3, -0.25) is 20.3 Å². The van der Waals surface area contributed by atoms with Crippen LogP contribution >= 0.6 is 0 Å². The van der Waals surface area contributed by atoms with Crippen molar-refractivity contribution in [1.29, 1.82) is 0 Å². The molecule has 0 radical (unpaired) electrons. The third-order valence-corrected chi connectivity index (χ3v) is 3.91. The van der Waals surface area contributed by atoms with Crippen molar-refractivity contribution in [3.63, 3.8) is 0 Å². The van der Waals surface area contributed by atoms with Crippen LogP contribution in [0.4, 0.5) is 5.69 Å². The number of nitro groups is 1. The monoisotopic (exact) mass is 303 g/mol. The highest BCUT2D eigenvalue weighted by atomic mass is 16.6. The van der Waals surface area contributed by atoms with E-state index in [1.807, 2.05) is 0 Å². The summed E-state index contributed by atoms with van der Waals surface area (Å²) in [7, 11) is 0. The molecule has 3 N–H and O–H groups in total. The molecule has 1 aromatic carbocycles. The van der Waals surface area contributed by atoms with Crippen LogP contribution in [0.2, 0.25) is 0 Å². The molecule has 1 saturated heterocycles. The number of hydrazone groups is 1. The summed E-state index contributed by atoms with van der Waals surface area (Å²) in [6.45, 7) is 0. The Morgan fingerprint density at radius 3 is 2.95 bits per heavy atom. The number of hydrazine groups is 1. The van der Waals surface area contributed by atoms with Crippen molar-refractivity contribution >= 4 is 17.8 Å². The molecule has 1 saturated carbocycles. The normalized spacial score (nSPS) is 24.5. The maximum atomic E-state index is 12.0. The first-order valence-corrected chi connectivity index (χ1v) is 7.22. The highest BCUT2D eigenvalue weighted by Crippen LogP contribution is 2.35. The molecule has 1 aliphatic heterocycles. The summed E-state index contributed by atoms with van der Waals surface area (Å²) in [5, 5.41) is 14.5. The van der Waals surface area contributed by atoms with Crippen molar-refractivity contribution in [2.75, 3.05) is 0 Å². The SMILES string of the molecule is O=C(N/N=C/c1cccc([N+](=O)[O-])c1)C1CC(C2CC2)NN1. The topological polar surface area (TPSA) is 109 Å². The number of hydrogen-bond donors (Lipinski definition) is 3. The molecule has 22 heavy (non-hydrogen) atoms. The van der Waals surface area contributed by atoms with Gasteiger partial charge in [-0.2, -0.15) is 5.10 Å². The summed E-state index contributed by atoms with van der Waals surface area (Å²) in [6, 6.07) is 6.12. The van der Waals surface area contributed by atoms with Crippen LogP contribution in [0.1, 0.15) is 24.8 Å². The molecule has 2 unspecified atom stereocenters. The van der Waals surface area contributed by atoms with E-state index in [9.17, 15) is 14.9 Å². The van der Waals surface area contributed by atoms with Gasteiger partial charge in [0.2, 0.25) is 0 Å². The second kappa shape index (κ2) is 6.20. The van der Waals surface area contributed by atoms with Crippen molar-refractivity contribution < 1.29 is 9.72 Å². The number of nitro benzene ring substituents is 1. The van der Waals surface area contributed by atoms with Crippen LogP contribution in [0.25, 0.3) is 0 Å². The largest absolute Gasteiger partial charge is 0.271 e. The number of nitrogens with zero attached hydrogens (tertiary/aromatic N) is 2. The molecule has 1 aliphatic carbocycles. The quantitative estimate of drug-likeness (QED) is 0.421. The summed E-state index contributed by atoms with van der Waals surface area (Å²) < 4.78 is 0. The van der Waals surface area contributed by atoms with E-state index >= 15 is 0 Å². The molecule has 2 aliphatic rings. The Balaban J connectivity index is 1.52. The zero-order chi connectivity index (χ0) is 15.5. The number of hydrogen-bond acceptors (Lipinski definition) is 6. The summed E-state index contributed by atoms with van der Waals surface area (Å²) in [5.41, 5.74) is 9.12. The predicted molar refractivity (Wildman–Crippen MR) is 80.0 cm³/mol. The molecule has 0 spiro atoms. The first-order chi connectivity index (χ1) is 10.6. The van der Waals surface area contributed by atoms with Crippen molar-refractivity contribution in [2.45, 2.75) is 31.3 Å². The van der Waals surface area contributed by atoms with E-state index < -0.39 is 4.92 Å². The van der Waals surface area contributed by atoms with Gasteiger partial charge in [0, 0.05) is 23.7 Å². The van der Waals surface area contributed by atoms with Crippen LogP contribution < -0.4 is 16.3 Å². The zero-order valence-corrected chi connectivity index (χ0v) is 11.9. The molecular formula is C14H17N5O3. The van der Waals surface area contributed by atoms with Crippen LogP contribution in [-0.4, -0.2) is 29.1 Å². The number of carbonyl (C=O) groups is 1. The lowest BCUT2D eigenvalue weighted by Gasteiger charge is -2.06. The van der Waals surface area contributed by atoms with Gasteiger partial charge in [0.05, 0.1) is 11.1 Å². The third-order valence-electron chi connectivity index (χ3n) is 3.91. The van der Waals surface area contributed by atoms with E-state index in [1.165, 1.54) is 31.2 Å². The van der Waals surface area contributed by atoms with Crippen LogP contribution in [0.3, 0.4) is 0 Å². The maximum absolute atomic E-state index is 12.0. The molecule has 1 amide bonds. The lowest BCUT2D eigenvalue weighted by atomic mass is 10.1. The molecule has 0 aromatic heterocycles. The Hall–Kier alpha value is -2.32. The number of non-ortho nitro benzene ring substituents is 1. The van der Waals surface area contributed by atoms with Gasteiger partial charge >= 0.3 is 0 Å². The first kappa shape index (κ1) is 14.6. The standard InChI is InChI=1S/C14H17N5O3/c20-14(13-7-12(16-17-13)10-4-5-10)18-15-8-9-2-1-3-11(6-9)19(21)22/h1-3,6,8,10,12-13,16-17H,4-5,7H2,(H,18,20)/b15-8+. The Labute approximate surface area is 127 Å². The van der Waals surface area contributed by atoms with Gasteiger partial charge in [0.25, 0.3) is 11.6 Å². The van der Waals surface area contributed by atoms with E-state index in [4.69, 9.17) is 0 Å². The van der Waals surface area contributed by atoms with E-state index in [0.29, 0.717) is 17.5 Å². The van der Waals surface area contributed by atoms with Crippen LogP contribution in [0, 0.1) is 16.0 Å². The summed E-state index contributed by atoms with van der Waals surface area (Å²) in [6.07, 6.45) is 4.59. The van der Waals surface area contributed by atoms with E-state index in [2.05, 4.69) is 21.4 Å². The fourth-order valence-electron chi connectivity index (χ4n) is 2.53. The second-order valence-corrected chi connectivity index (χ2v) is 5.61. The average molecular weight is 303 g/mol. The molecule has 2 atom stereocenters. The number of amides is 1. The van der Waals surface area contributed by atoms with Crippen LogP contribution in [-0.2, 0) is 4.79 Å². The molecular weight excluding hydrogens is 286 g/mol. The van der Waals surface area contributed by atoms with Crippen molar-refractivity contribution in [2.24, 2.45) is 11.0 Å². The zero-order valence-electron chi connectivity index (χ0n) is 11.9. The molecule has 8 nitrogen and oxygen atoms in total. The number of carbonyl (C=O) groups excluding carboxylic acids is 1. The average Bonchev–Trinajstić information content (AvgIpc) is 3.24. The smallest absolute Gasteiger partial charge is 0.270 e. The minimum absolute atomic E-state index is 0.00999. The predicted octanol–water partition coefficient (Wildman–Crippen LogP) is 0.690. The lowest BCUT2D eigenvalue weighted by molar-refractivity contribution is -0.384. The number of benzene rings is 1. The van der Waals surface area contributed by atoms with Crippen LogP contribution in [0.5, 0.6) is 0 Å². The third kappa shape index (κ3) is 3.46. The molecule has 0 bridgehead atoms. The molecule has 116 valence electrons. The molecule has 8 heteroatoms. The van der Waals surface area contributed by atoms with Crippen LogP contribution in [0.15, 0.2) is 29.4 Å². The Morgan fingerprint density at radius 2 is 2.23 bits per heavy atom. The van der Waals surface area contributed by atoms with Crippen molar-refractivity contribution in [1.82, 2.24) is 16.3 Å². The van der Waals surface area contributed by atoms with Gasteiger partial charge in [-0.15, -0.1) is 0 Å². The van der Waals surface area contributed by atoms with E-state index in [1.54, 1.807) is 12.1 Å². The Kier molecular flexibility index (Phi) is 4.12. The van der Waals surface area contributed by atoms with Gasteiger partial charge in [0.1, 0.15) is 6.04 Å². The van der Waals surface area contributed by atoms with Gasteiger partial charge < -0.3 is 0 Å². The van der Waals surface area contributed by atoms with Gasteiger partial charge in [-0.25, -0.2) is 10.9 Å². The Morgan fingerprint density at radius 1 is 1.41 bits per heavy atom. The molecule has 3 rings (SSSR count). The number of rotatable bonds is 5. The van der Waals surface area contributed by atoms with Gasteiger partial charge in [0.15, 0.2) is 0 Å². The maximum Gasteiger partial charge on any atom is 0.270 e. The fraction of sp³-hybridized carbons (Fsp3) is 0.429. The second-order valence-electron chi connectivity index (χ2n) is 5.61. The summed E-state index contributed by atoms with van der Waals surface area (Å²) in [5.74, 6) is 0.469. The van der Waals surface area contributed by atoms with Gasteiger partial charge in [-0.05, 0) is 25.2 Å². The fourth-order valence-corrected chi connectivity index (χ4v) is 2.53.